The lowest BCUT2D eigenvalue weighted by Gasteiger charge is -2.21. The zero-order valence-corrected chi connectivity index (χ0v) is 16.0. The number of phenols is 3. The second-order valence-corrected chi connectivity index (χ2v) is 6.30. The number of halogens is 1. The van der Waals surface area contributed by atoms with E-state index in [9.17, 15) is 24.9 Å². The van der Waals surface area contributed by atoms with Crippen molar-refractivity contribution in [3.8, 4) is 28.7 Å². The molecule has 0 aromatic heterocycles. The minimum absolute atomic E-state index is 0.0500. The van der Waals surface area contributed by atoms with Crippen LogP contribution in [-0.4, -0.2) is 41.4 Å². The summed E-state index contributed by atoms with van der Waals surface area (Å²) in [5.74, 6) is -2.36. The number of phenolic OH excluding ortho intramolecular Hbond substituents is 3. The molecule has 2 aromatic rings. The molecule has 29 heavy (non-hydrogen) atoms. The smallest absolute Gasteiger partial charge is 0.341 e. The molecule has 0 aliphatic carbocycles. The van der Waals surface area contributed by atoms with Gasteiger partial charge in [-0.25, -0.2) is 4.79 Å². The summed E-state index contributed by atoms with van der Waals surface area (Å²) in [5, 5.41) is 32.0. The number of ether oxygens (including phenoxy) is 3. The van der Waals surface area contributed by atoms with Crippen molar-refractivity contribution in [1.29, 1.82) is 0 Å². The number of nitrogens with one attached hydrogen (secondary N) is 1. The predicted octanol–water partition coefficient (Wildman–Crippen LogP) is 2.71. The van der Waals surface area contributed by atoms with Crippen LogP contribution >= 0.6 is 11.6 Å². The maximum Gasteiger partial charge on any atom is 0.341 e. The molecule has 152 valence electrons. The minimum atomic E-state index is -0.864. The molecule has 0 saturated heterocycles. The minimum Gasteiger partial charge on any atom is -0.507 e. The highest BCUT2D eigenvalue weighted by Gasteiger charge is 2.26. The molecule has 0 bridgehead atoms. The van der Waals surface area contributed by atoms with Gasteiger partial charge in [0.15, 0.2) is 23.0 Å². The lowest BCUT2D eigenvalue weighted by Crippen LogP contribution is -2.24. The highest BCUT2D eigenvalue weighted by atomic mass is 35.5. The molecular weight excluding hydrogens is 406 g/mol. The van der Waals surface area contributed by atoms with Crippen molar-refractivity contribution in [3.05, 3.63) is 46.2 Å². The SMILES string of the molecule is COC(=O)c1c(O)cc(O)c(Cl)c1C/C=C1\Oc2cc(OC)c(O)cc2NC1=O. The van der Waals surface area contributed by atoms with Crippen LogP contribution in [0.1, 0.15) is 15.9 Å². The molecule has 4 N–H and O–H groups in total. The molecular formula is C19H16ClNO8. The summed E-state index contributed by atoms with van der Waals surface area (Å²) in [7, 11) is 2.49. The summed E-state index contributed by atoms with van der Waals surface area (Å²) in [6.07, 6.45) is 1.18. The number of hydrogen-bond donors (Lipinski definition) is 4. The Morgan fingerprint density at radius 1 is 1.17 bits per heavy atom. The Balaban J connectivity index is 1.99. The Morgan fingerprint density at radius 2 is 1.90 bits per heavy atom. The van der Waals surface area contributed by atoms with Crippen molar-refractivity contribution in [2.75, 3.05) is 19.5 Å². The van der Waals surface area contributed by atoms with Gasteiger partial charge in [-0.1, -0.05) is 11.6 Å². The number of rotatable bonds is 4. The molecule has 0 unspecified atom stereocenters. The number of aromatic hydroxyl groups is 3. The number of allylic oxidation sites excluding steroid dienone is 1. The fourth-order valence-corrected chi connectivity index (χ4v) is 3.00. The number of esters is 1. The molecule has 9 nitrogen and oxygen atoms in total. The lowest BCUT2D eigenvalue weighted by molar-refractivity contribution is -0.115. The molecule has 0 atom stereocenters. The van der Waals surface area contributed by atoms with E-state index in [1.807, 2.05) is 0 Å². The van der Waals surface area contributed by atoms with E-state index in [2.05, 4.69) is 10.1 Å². The van der Waals surface area contributed by atoms with E-state index < -0.39 is 23.4 Å². The fourth-order valence-electron chi connectivity index (χ4n) is 2.78. The van der Waals surface area contributed by atoms with Crippen LogP contribution in [0.3, 0.4) is 0 Å². The number of amides is 1. The lowest BCUT2D eigenvalue weighted by atomic mass is 10.0. The second kappa shape index (κ2) is 7.80. The van der Waals surface area contributed by atoms with Crippen LogP contribution in [0.2, 0.25) is 5.02 Å². The van der Waals surface area contributed by atoms with Gasteiger partial charge in [-0.2, -0.15) is 0 Å². The first kappa shape index (κ1) is 20.2. The Kier molecular flexibility index (Phi) is 5.42. The van der Waals surface area contributed by atoms with Gasteiger partial charge in [0.05, 0.1) is 24.9 Å². The van der Waals surface area contributed by atoms with E-state index in [-0.39, 0.29) is 51.3 Å². The zero-order chi connectivity index (χ0) is 21.3. The van der Waals surface area contributed by atoms with Crippen molar-refractivity contribution < 1.29 is 39.1 Å². The summed E-state index contributed by atoms with van der Waals surface area (Å²) < 4.78 is 15.2. The molecule has 3 rings (SSSR count). The molecule has 0 spiro atoms. The van der Waals surface area contributed by atoms with Gasteiger partial charge in [-0.3, -0.25) is 4.79 Å². The van der Waals surface area contributed by atoms with Gasteiger partial charge in [0.2, 0.25) is 0 Å². The molecule has 0 radical (unpaired) electrons. The first-order valence-electron chi connectivity index (χ1n) is 8.18. The number of benzene rings is 2. The Morgan fingerprint density at radius 3 is 2.55 bits per heavy atom. The van der Waals surface area contributed by atoms with E-state index in [4.69, 9.17) is 21.1 Å². The highest BCUT2D eigenvalue weighted by Crippen LogP contribution is 2.41. The maximum absolute atomic E-state index is 12.3. The van der Waals surface area contributed by atoms with Crippen LogP contribution in [0.4, 0.5) is 5.69 Å². The number of methoxy groups -OCH3 is 2. The first-order chi connectivity index (χ1) is 13.8. The Bertz CT molecular complexity index is 1050. The molecule has 2 aromatic carbocycles. The normalized spacial score (nSPS) is 14.0. The number of carbonyl (C=O) groups excluding carboxylic acids is 2. The van der Waals surface area contributed by atoms with Gasteiger partial charge in [-0.05, 0) is 18.1 Å². The zero-order valence-electron chi connectivity index (χ0n) is 15.3. The van der Waals surface area contributed by atoms with Crippen molar-refractivity contribution in [3.63, 3.8) is 0 Å². The summed E-state index contributed by atoms with van der Waals surface area (Å²) in [6.45, 7) is 0. The van der Waals surface area contributed by atoms with Crippen LogP contribution in [0.5, 0.6) is 28.7 Å². The van der Waals surface area contributed by atoms with Crippen LogP contribution in [-0.2, 0) is 16.0 Å². The third kappa shape index (κ3) is 3.72. The maximum atomic E-state index is 12.3. The molecule has 10 heteroatoms. The molecule has 1 aliphatic rings. The quantitative estimate of drug-likeness (QED) is 0.437. The molecule has 0 saturated carbocycles. The number of hydrogen-bond acceptors (Lipinski definition) is 8. The van der Waals surface area contributed by atoms with Crippen LogP contribution in [0.15, 0.2) is 30.0 Å². The van der Waals surface area contributed by atoms with E-state index in [0.717, 1.165) is 13.2 Å². The van der Waals surface area contributed by atoms with Crippen molar-refractivity contribution in [2.24, 2.45) is 0 Å². The van der Waals surface area contributed by atoms with Gasteiger partial charge in [0.25, 0.3) is 5.91 Å². The van der Waals surface area contributed by atoms with Gasteiger partial charge < -0.3 is 34.8 Å². The monoisotopic (exact) mass is 421 g/mol. The largest absolute Gasteiger partial charge is 0.507 e. The highest BCUT2D eigenvalue weighted by molar-refractivity contribution is 6.33. The van der Waals surface area contributed by atoms with Gasteiger partial charge in [-0.15, -0.1) is 0 Å². The van der Waals surface area contributed by atoms with Gasteiger partial charge in [0.1, 0.15) is 17.1 Å². The predicted molar refractivity (Wildman–Crippen MR) is 102 cm³/mol. The van der Waals surface area contributed by atoms with E-state index in [1.165, 1.54) is 25.3 Å². The fraction of sp³-hybridized carbons (Fsp3) is 0.158. The Hall–Kier alpha value is -3.59. The molecule has 1 amide bonds. The van der Waals surface area contributed by atoms with Crippen LogP contribution in [0.25, 0.3) is 0 Å². The first-order valence-corrected chi connectivity index (χ1v) is 8.56. The van der Waals surface area contributed by atoms with E-state index >= 15 is 0 Å². The van der Waals surface area contributed by atoms with E-state index in [0.29, 0.717) is 0 Å². The van der Waals surface area contributed by atoms with Crippen LogP contribution in [0, 0.1) is 0 Å². The van der Waals surface area contributed by atoms with E-state index in [1.54, 1.807) is 0 Å². The summed E-state index contributed by atoms with van der Waals surface area (Å²) in [6, 6.07) is 3.59. The Labute approximate surface area is 169 Å². The average molecular weight is 422 g/mol. The molecule has 0 fully saturated rings. The average Bonchev–Trinajstić information content (AvgIpc) is 2.68. The number of carbonyl (C=O) groups is 2. The van der Waals surface area contributed by atoms with Crippen molar-refractivity contribution >= 4 is 29.2 Å². The third-order valence-corrected chi connectivity index (χ3v) is 4.60. The molecule has 1 aliphatic heterocycles. The summed E-state index contributed by atoms with van der Waals surface area (Å²) in [4.78, 5) is 24.3. The van der Waals surface area contributed by atoms with Crippen LogP contribution < -0.4 is 14.8 Å². The van der Waals surface area contributed by atoms with Gasteiger partial charge >= 0.3 is 5.97 Å². The summed E-state index contributed by atoms with van der Waals surface area (Å²) in [5.41, 5.74) is 0.0538. The van der Waals surface area contributed by atoms with Crippen molar-refractivity contribution in [1.82, 2.24) is 0 Å². The van der Waals surface area contributed by atoms with Crippen molar-refractivity contribution in [2.45, 2.75) is 6.42 Å². The third-order valence-electron chi connectivity index (χ3n) is 4.18. The molecule has 1 heterocycles. The number of fused-ring (bicyclic) bond motifs is 1. The number of anilines is 1. The standard InChI is InChI=1S/C19H16ClNO8/c1-27-15-7-14-9(5-10(15)22)21-18(25)13(29-14)4-3-8-16(19(26)28-2)11(23)6-12(24)17(8)20/h4-7,22-24H,3H2,1-2H3,(H,21,25)/b13-4-. The van der Waals surface area contributed by atoms with Gasteiger partial charge in [0, 0.05) is 18.2 Å². The topological polar surface area (TPSA) is 135 Å². The summed E-state index contributed by atoms with van der Waals surface area (Å²) >= 11 is 6.08. The second-order valence-electron chi connectivity index (χ2n) is 5.92.